The van der Waals surface area contributed by atoms with Crippen LogP contribution in [0.25, 0.3) is 0 Å². The summed E-state index contributed by atoms with van der Waals surface area (Å²) in [5, 5.41) is 0. The minimum atomic E-state index is -3.30. The van der Waals surface area contributed by atoms with Crippen molar-refractivity contribution < 1.29 is 13.0 Å². The summed E-state index contributed by atoms with van der Waals surface area (Å²) in [6.45, 7) is 4.57. The molecular weight excluding hydrogens is 267 g/mol. The first kappa shape index (κ1) is 15.4. The SMILES string of the molecule is CC(C)=C[SiH2]OP(=O)(Cl)O[SiH2]C=C(C)C. The molecule has 0 spiro atoms. The fourth-order valence-corrected chi connectivity index (χ4v) is 5.29. The summed E-state index contributed by atoms with van der Waals surface area (Å²) in [4.78, 5) is 0. The minimum absolute atomic E-state index is 0.968. The summed E-state index contributed by atoms with van der Waals surface area (Å²) in [5.74, 6) is 0. The van der Waals surface area contributed by atoms with Gasteiger partial charge in [-0.25, -0.2) is 4.57 Å². The van der Waals surface area contributed by atoms with Crippen LogP contribution in [-0.2, 0) is 13.0 Å². The lowest BCUT2D eigenvalue weighted by atomic mass is 10.4. The van der Waals surface area contributed by atoms with E-state index in [9.17, 15) is 4.57 Å². The monoisotopic (exact) mass is 284 g/mol. The van der Waals surface area contributed by atoms with E-state index in [1.807, 2.05) is 39.1 Å². The molecule has 0 rings (SSSR count). The van der Waals surface area contributed by atoms with Crippen LogP contribution in [0.1, 0.15) is 27.7 Å². The topological polar surface area (TPSA) is 35.5 Å². The van der Waals surface area contributed by atoms with Crippen molar-refractivity contribution in [2.24, 2.45) is 0 Å². The summed E-state index contributed by atoms with van der Waals surface area (Å²) in [7, 11) is -1.94. The summed E-state index contributed by atoms with van der Waals surface area (Å²) in [5.41, 5.74) is 6.20. The lowest BCUT2D eigenvalue weighted by molar-refractivity contribution is 0.429. The number of rotatable bonds is 6. The Morgan fingerprint density at radius 1 is 1.07 bits per heavy atom. The molecule has 0 aliphatic rings. The highest BCUT2D eigenvalue weighted by Gasteiger charge is 2.18. The molecule has 0 unspecified atom stereocenters. The van der Waals surface area contributed by atoms with Crippen molar-refractivity contribution in [1.29, 1.82) is 0 Å². The van der Waals surface area contributed by atoms with Crippen molar-refractivity contribution in [3.05, 3.63) is 22.5 Å². The van der Waals surface area contributed by atoms with Crippen LogP contribution < -0.4 is 0 Å². The van der Waals surface area contributed by atoms with Gasteiger partial charge in [-0.15, -0.1) is 0 Å². The number of hydrogen-bond donors (Lipinski definition) is 0. The third-order valence-electron chi connectivity index (χ3n) is 1.44. The van der Waals surface area contributed by atoms with E-state index in [2.05, 4.69) is 0 Å². The largest absolute Gasteiger partial charge is 0.404 e. The molecule has 0 aliphatic heterocycles. The van der Waals surface area contributed by atoms with Gasteiger partial charge in [0.15, 0.2) is 19.5 Å². The molecule has 15 heavy (non-hydrogen) atoms. The van der Waals surface area contributed by atoms with Crippen LogP contribution in [0.15, 0.2) is 22.5 Å². The van der Waals surface area contributed by atoms with E-state index >= 15 is 0 Å². The minimum Gasteiger partial charge on any atom is -0.343 e. The first-order chi connectivity index (χ1) is 6.83. The van der Waals surface area contributed by atoms with E-state index in [1.54, 1.807) is 0 Å². The molecule has 0 aromatic carbocycles. The first-order valence-corrected chi connectivity index (χ1v) is 9.92. The standard InChI is InChI=1S/C8H18ClO3PSi2/c1-7(2)5-14-11-13(9,10)12-15-6-8(3)4/h5-6H,14-15H2,1-4H3. The number of halogens is 1. The Labute approximate surface area is 101 Å². The van der Waals surface area contributed by atoms with Crippen molar-refractivity contribution in [3.8, 4) is 0 Å². The highest BCUT2D eigenvalue weighted by molar-refractivity contribution is 7.82. The lowest BCUT2D eigenvalue weighted by Gasteiger charge is -2.09. The maximum atomic E-state index is 11.5. The van der Waals surface area contributed by atoms with Crippen molar-refractivity contribution in [3.63, 3.8) is 0 Å². The lowest BCUT2D eigenvalue weighted by Crippen LogP contribution is -1.97. The molecule has 0 atom stereocenters. The molecule has 0 aromatic rings. The molecule has 7 heteroatoms. The Balaban J connectivity index is 3.93. The van der Waals surface area contributed by atoms with Crippen molar-refractivity contribution >= 4 is 37.7 Å². The van der Waals surface area contributed by atoms with Crippen LogP contribution in [0.3, 0.4) is 0 Å². The molecule has 0 saturated heterocycles. The van der Waals surface area contributed by atoms with Crippen LogP contribution >= 0.6 is 18.2 Å². The van der Waals surface area contributed by atoms with E-state index < -0.39 is 26.5 Å². The van der Waals surface area contributed by atoms with Gasteiger partial charge in [-0.3, -0.25) is 0 Å². The first-order valence-electron chi connectivity index (χ1n) is 4.69. The third-order valence-corrected chi connectivity index (χ3v) is 8.82. The zero-order valence-corrected chi connectivity index (χ0v) is 14.1. The molecule has 0 saturated carbocycles. The van der Waals surface area contributed by atoms with Gasteiger partial charge >= 0.3 is 6.95 Å². The fourth-order valence-electron chi connectivity index (χ4n) is 0.623. The molecule has 3 nitrogen and oxygen atoms in total. The average Bonchev–Trinajstić information content (AvgIpc) is 2.01. The summed E-state index contributed by atoms with van der Waals surface area (Å²) in [6, 6.07) is 0. The maximum Gasteiger partial charge on any atom is 0.404 e. The molecule has 88 valence electrons. The molecule has 0 bridgehead atoms. The second kappa shape index (κ2) is 7.60. The Bertz CT molecular complexity index is 270. The zero-order chi connectivity index (χ0) is 11.9. The summed E-state index contributed by atoms with van der Waals surface area (Å²) in [6.07, 6.45) is 0. The molecule has 0 heterocycles. The molecular formula is C8H18ClO3PSi2. The number of hydrogen-bond acceptors (Lipinski definition) is 3. The molecule has 0 aromatic heterocycles. The van der Waals surface area contributed by atoms with Crippen LogP contribution in [0.4, 0.5) is 0 Å². The van der Waals surface area contributed by atoms with Crippen molar-refractivity contribution in [2.75, 3.05) is 0 Å². The fraction of sp³-hybridized carbons (Fsp3) is 0.500. The molecule has 0 radical (unpaired) electrons. The van der Waals surface area contributed by atoms with E-state index in [0.717, 1.165) is 11.1 Å². The van der Waals surface area contributed by atoms with Gasteiger partial charge in [-0.1, -0.05) is 22.5 Å². The number of allylic oxidation sites excluding steroid dienone is 2. The van der Waals surface area contributed by atoms with Crippen LogP contribution in [0, 0.1) is 0 Å². The van der Waals surface area contributed by atoms with Gasteiger partial charge < -0.3 is 8.43 Å². The highest BCUT2D eigenvalue weighted by Crippen LogP contribution is 2.52. The van der Waals surface area contributed by atoms with E-state index in [1.165, 1.54) is 0 Å². The van der Waals surface area contributed by atoms with E-state index in [-0.39, 0.29) is 0 Å². The Hall–Kier alpha value is 0.354. The molecule has 0 fully saturated rings. The van der Waals surface area contributed by atoms with Gasteiger partial charge in [-0.2, -0.15) is 0 Å². The predicted octanol–water partition coefficient (Wildman–Crippen LogP) is 2.38. The van der Waals surface area contributed by atoms with Crippen molar-refractivity contribution in [1.82, 2.24) is 0 Å². The quantitative estimate of drug-likeness (QED) is 0.555. The van der Waals surface area contributed by atoms with Gasteiger partial charge in [0, 0.05) is 11.2 Å². The van der Waals surface area contributed by atoms with Crippen LogP contribution in [-0.4, -0.2) is 19.5 Å². The van der Waals surface area contributed by atoms with Gasteiger partial charge in [0.1, 0.15) is 0 Å². The van der Waals surface area contributed by atoms with Gasteiger partial charge in [0.05, 0.1) is 0 Å². The van der Waals surface area contributed by atoms with Gasteiger partial charge in [-0.05, 0) is 27.7 Å². The average molecular weight is 285 g/mol. The molecule has 0 amide bonds. The van der Waals surface area contributed by atoms with Crippen LogP contribution in [0.2, 0.25) is 0 Å². The second-order valence-electron chi connectivity index (χ2n) is 3.59. The van der Waals surface area contributed by atoms with Gasteiger partial charge in [0.25, 0.3) is 0 Å². The Morgan fingerprint density at radius 3 is 1.67 bits per heavy atom. The third kappa shape index (κ3) is 10.6. The van der Waals surface area contributed by atoms with Crippen LogP contribution in [0.5, 0.6) is 0 Å². The highest BCUT2D eigenvalue weighted by atomic mass is 35.7. The second-order valence-corrected chi connectivity index (χ2v) is 9.24. The molecule has 0 aliphatic carbocycles. The van der Waals surface area contributed by atoms with E-state index in [4.69, 9.17) is 19.7 Å². The predicted molar refractivity (Wildman–Crippen MR) is 71.6 cm³/mol. The smallest absolute Gasteiger partial charge is 0.343 e. The Morgan fingerprint density at radius 2 is 1.40 bits per heavy atom. The van der Waals surface area contributed by atoms with Crippen molar-refractivity contribution in [2.45, 2.75) is 27.7 Å². The zero-order valence-electron chi connectivity index (χ0n) is 9.62. The molecule has 0 N–H and O–H groups in total. The summed E-state index contributed by atoms with van der Waals surface area (Å²) >= 11 is 5.63. The normalized spacial score (nSPS) is 15.8. The maximum absolute atomic E-state index is 11.5. The Kier molecular flexibility index (Phi) is 7.78. The van der Waals surface area contributed by atoms with E-state index in [0.29, 0.717) is 0 Å². The summed E-state index contributed by atoms with van der Waals surface area (Å²) < 4.78 is 21.7. The van der Waals surface area contributed by atoms with Gasteiger partial charge in [0.2, 0.25) is 0 Å².